The fourth-order valence-corrected chi connectivity index (χ4v) is 5.41. The lowest BCUT2D eigenvalue weighted by Crippen LogP contribution is -2.37. The van der Waals surface area contributed by atoms with Crippen molar-refractivity contribution in [1.82, 2.24) is 4.90 Å². The quantitative estimate of drug-likeness (QED) is 0.823. The van der Waals surface area contributed by atoms with Gasteiger partial charge in [0.15, 0.2) is 0 Å². The smallest absolute Gasteiger partial charge is 0.410 e. The molecule has 1 saturated carbocycles. The van der Waals surface area contributed by atoms with Gasteiger partial charge in [-0.15, -0.1) is 11.3 Å². The van der Waals surface area contributed by atoms with E-state index >= 15 is 0 Å². The lowest BCUT2D eigenvalue weighted by Gasteiger charge is -2.27. The van der Waals surface area contributed by atoms with Gasteiger partial charge in [-0.25, -0.2) is 4.79 Å². The molecule has 134 valence electrons. The summed E-state index contributed by atoms with van der Waals surface area (Å²) in [5.74, 6) is 0.700. The van der Waals surface area contributed by atoms with E-state index in [2.05, 4.69) is 18.2 Å². The number of hydrogen-bond acceptors (Lipinski definition) is 4. The second kappa shape index (κ2) is 5.71. The van der Waals surface area contributed by atoms with E-state index in [0.717, 1.165) is 17.7 Å². The number of carbonyl (C=O) groups excluding carboxylic acids is 1. The maximum atomic E-state index is 12.3. The Balaban J connectivity index is 1.47. The summed E-state index contributed by atoms with van der Waals surface area (Å²) in [5, 5.41) is 12.5. The highest BCUT2D eigenvalue weighted by Gasteiger charge is 2.51. The Labute approximate surface area is 152 Å². The van der Waals surface area contributed by atoms with Crippen LogP contribution in [0.25, 0.3) is 10.1 Å². The van der Waals surface area contributed by atoms with E-state index in [-0.39, 0.29) is 6.09 Å². The molecule has 2 fully saturated rings. The molecule has 2 aromatic rings. The minimum atomic E-state index is -0.751. The Morgan fingerprint density at radius 3 is 2.48 bits per heavy atom. The van der Waals surface area contributed by atoms with Gasteiger partial charge in [0, 0.05) is 22.7 Å². The molecule has 2 aliphatic rings. The highest BCUT2D eigenvalue weighted by atomic mass is 32.1. The van der Waals surface area contributed by atoms with Gasteiger partial charge in [-0.3, -0.25) is 0 Å². The van der Waals surface area contributed by atoms with Crippen LogP contribution in [0.5, 0.6) is 0 Å². The number of benzene rings is 1. The first-order valence-corrected chi connectivity index (χ1v) is 9.74. The molecule has 2 unspecified atom stereocenters. The zero-order valence-corrected chi connectivity index (χ0v) is 15.8. The average Bonchev–Trinajstić information content (AvgIpc) is 3.16. The fourth-order valence-electron chi connectivity index (χ4n) is 4.24. The Bertz CT molecular complexity index is 760. The normalized spacial score (nSPS) is 29.2. The molecule has 4 nitrogen and oxygen atoms in total. The maximum absolute atomic E-state index is 12.3. The lowest BCUT2D eigenvalue weighted by atomic mass is 9.97. The standard InChI is InChI=1S/C20H25NO3S/c1-19(2,3)24-18(22)21-11-14-9-20(23,10-15(14)12-21)17-8-13-6-4-5-7-16(13)25-17/h4-8,14-15,23H,9-12H2,1-3H3. The topological polar surface area (TPSA) is 49.8 Å². The van der Waals surface area contributed by atoms with E-state index in [1.807, 2.05) is 37.8 Å². The number of rotatable bonds is 1. The summed E-state index contributed by atoms with van der Waals surface area (Å²) in [6.07, 6.45) is 1.22. The SMILES string of the molecule is CC(C)(C)OC(=O)N1CC2CC(O)(c3cc4ccccc4s3)CC2C1. The van der Waals surface area contributed by atoms with Crippen molar-refractivity contribution in [3.05, 3.63) is 35.2 Å². The molecule has 2 atom stereocenters. The van der Waals surface area contributed by atoms with Crippen molar-refractivity contribution in [3.8, 4) is 0 Å². The molecular weight excluding hydrogens is 334 g/mol. The average molecular weight is 359 g/mol. The van der Waals surface area contributed by atoms with Crippen molar-refractivity contribution in [3.63, 3.8) is 0 Å². The third kappa shape index (κ3) is 3.15. The predicted octanol–water partition coefficient (Wildman–Crippen LogP) is 4.37. The maximum Gasteiger partial charge on any atom is 0.410 e. The van der Waals surface area contributed by atoms with Crippen LogP contribution in [0.1, 0.15) is 38.5 Å². The van der Waals surface area contributed by atoms with Crippen LogP contribution in [0.3, 0.4) is 0 Å². The first kappa shape index (κ1) is 16.9. The molecule has 1 aromatic carbocycles. The number of fused-ring (bicyclic) bond motifs is 2. The summed E-state index contributed by atoms with van der Waals surface area (Å²) < 4.78 is 6.71. The zero-order valence-electron chi connectivity index (χ0n) is 15.0. The van der Waals surface area contributed by atoms with Crippen LogP contribution in [0.4, 0.5) is 4.79 Å². The summed E-state index contributed by atoms with van der Waals surface area (Å²) >= 11 is 1.69. The van der Waals surface area contributed by atoms with Crippen LogP contribution >= 0.6 is 11.3 Å². The van der Waals surface area contributed by atoms with E-state index in [0.29, 0.717) is 24.9 Å². The van der Waals surface area contributed by atoms with Crippen molar-refractivity contribution >= 4 is 27.5 Å². The summed E-state index contributed by atoms with van der Waals surface area (Å²) in [6, 6.07) is 10.4. The Hall–Kier alpha value is -1.59. The van der Waals surface area contributed by atoms with Crippen molar-refractivity contribution in [2.24, 2.45) is 11.8 Å². The zero-order chi connectivity index (χ0) is 17.8. The van der Waals surface area contributed by atoms with Crippen molar-refractivity contribution in [2.75, 3.05) is 13.1 Å². The van der Waals surface area contributed by atoms with Crippen LogP contribution < -0.4 is 0 Å². The molecule has 1 saturated heterocycles. The molecule has 0 radical (unpaired) electrons. The molecule has 0 bridgehead atoms. The van der Waals surface area contributed by atoms with E-state index in [4.69, 9.17) is 4.74 Å². The number of ether oxygens (including phenoxy) is 1. The van der Waals surface area contributed by atoms with Crippen molar-refractivity contribution in [1.29, 1.82) is 0 Å². The van der Waals surface area contributed by atoms with Crippen LogP contribution in [-0.2, 0) is 10.3 Å². The van der Waals surface area contributed by atoms with Gasteiger partial charge in [0.1, 0.15) is 5.60 Å². The number of nitrogens with zero attached hydrogens (tertiary/aromatic N) is 1. The second-order valence-electron chi connectivity index (χ2n) is 8.49. The molecule has 1 amide bonds. The van der Waals surface area contributed by atoms with Gasteiger partial charge < -0.3 is 14.7 Å². The summed E-state index contributed by atoms with van der Waals surface area (Å²) in [5.41, 5.74) is -1.22. The molecule has 0 spiro atoms. The summed E-state index contributed by atoms with van der Waals surface area (Å²) in [6.45, 7) is 7.05. The van der Waals surface area contributed by atoms with Crippen molar-refractivity contribution < 1.29 is 14.6 Å². The minimum Gasteiger partial charge on any atom is -0.444 e. The number of carbonyl (C=O) groups is 1. The van der Waals surface area contributed by atoms with Crippen LogP contribution in [0, 0.1) is 11.8 Å². The predicted molar refractivity (Wildman–Crippen MR) is 99.7 cm³/mol. The van der Waals surface area contributed by atoms with Gasteiger partial charge in [-0.05, 0) is 63.0 Å². The highest BCUT2D eigenvalue weighted by Crippen LogP contribution is 2.51. The highest BCUT2D eigenvalue weighted by molar-refractivity contribution is 7.19. The molecule has 1 aliphatic carbocycles. The summed E-state index contributed by atoms with van der Waals surface area (Å²) in [4.78, 5) is 15.2. The molecule has 25 heavy (non-hydrogen) atoms. The van der Waals surface area contributed by atoms with E-state index in [9.17, 15) is 9.90 Å². The largest absolute Gasteiger partial charge is 0.444 e. The van der Waals surface area contributed by atoms with E-state index < -0.39 is 11.2 Å². The molecular formula is C20H25NO3S. The summed E-state index contributed by atoms with van der Waals surface area (Å²) in [7, 11) is 0. The minimum absolute atomic E-state index is 0.229. The third-order valence-electron chi connectivity index (χ3n) is 5.31. The second-order valence-corrected chi connectivity index (χ2v) is 9.58. The first-order valence-electron chi connectivity index (χ1n) is 8.93. The Morgan fingerprint density at radius 1 is 1.24 bits per heavy atom. The molecule has 4 rings (SSSR count). The number of thiophene rings is 1. The Kier molecular flexibility index (Phi) is 3.85. The molecule has 5 heteroatoms. The monoisotopic (exact) mass is 359 g/mol. The molecule has 2 heterocycles. The van der Waals surface area contributed by atoms with Crippen LogP contribution in [-0.4, -0.2) is 34.8 Å². The van der Waals surface area contributed by atoms with Gasteiger partial charge in [-0.2, -0.15) is 0 Å². The molecule has 1 aromatic heterocycles. The Morgan fingerprint density at radius 2 is 1.88 bits per heavy atom. The molecule has 1 N–H and O–H groups in total. The van der Waals surface area contributed by atoms with E-state index in [1.165, 1.54) is 10.1 Å². The number of aliphatic hydroxyl groups is 1. The van der Waals surface area contributed by atoms with E-state index in [1.54, 1.807) is 11.3 Å². The van der Waals surface area contributed by atoms with Gasteiger partial charge in [0.25, 0.3) is 0 Å². The first-order chi connectivity index (χ1) is 11.7. The van der Waals surface area contributed by atoms with Crippen LogP contribution in [0.2, 0.25) is 0 Å². The van der Waals surface area contributed by atoms with Crippen LogP contribution in [0.15, 0.2) is 30.3 Å². The van der Waals surface area contributed by atoms with Crippen molar-refractivity contribution in [2.45, 2.75) is 44.8 Å². The number of amides is 1. The molecule has 1 aliphatic heterocycles. The van der Waals surface area contributed by atoms with Gasteiger partial charge in [0.05, 0.1) is 5.60 Å². The van der Waals surface area contributed by atoms with Gasteiger partial charge in [-0.1, -0.05) is 18.2 Å². The number of likely N-dealkylation sites (tertiary alicyclic amines) is 1. The third-order valence-corrected chi connectivity index (χ3v) is 6.62. The van der Waals surface area contributed by atoms with Gasteiger partial charge >= 0.3 is 6.09 Å². The fraction of sp³-hybridized carbons (Fsp3) is 0.550. The lowest BCUT2D eigenvalue weighted by molar-refractivity contribution is 0.0169. The number of hydrogen-bond donors (Lipinski definition) is 1. The van der Waals surface area contributed by atoms with Gasteiger partial charge in [0.2, 0.25) is 0 Å².